The molecule has 1 aromatic heterocycles. The second-order valence-corrected chi connectivity index (χ2v) is 5.39. The number of amides is 1. The summed E-state index contributed by atoms with van der Waals surface area (Å²) in [6.45, 7) is 1.74. The number of furan rings is 1. The van der Waals surface area contributed by atoms with Crippen LogP contribution in [0.1, 0.15) is 34.3 Å². The Balaban J connectivity index is 1.60. The number of hydrogen-bond acceptors (Lipinski definition) is 6. The minimum absolute atomic E-state index is 0.187. The van der Waals surface area contributed by atoms with Gasteiger partial charge in [-0.3, -0.25) is 4.79 Å². The van der Waals surface area contributed by atoms with Gasteiger partial charge in [-0.15, -0.1) is 0 Å². The molecular formula is C17H15NO6. The van der Waals surface area contributed by atoms with Crippen molar-refractivity contribution < 1.29 is 28.3 Å². The average Bonchev–Trinajstić information content (AvgIpc) is 3.18. The first kappa shape index (κ1) is 15.8. The van der Waals surface area contributed by atoms with Crippen LogP contribution in [0.25, 0.3) is 0 Å². The summed E-state index contributed by atoms with van der Waals surface area (Å²) in [5.41, 5.74) is 0.778. The smallest absolute Gasteiger partial charge is 0.347 e. The van der Waals surface area contributed by atoms with Crippen molar-refractivity contribution in [1.82, 2.24) is 0 Å². The molecule has 0 bridgehead atoms. The van der Waals surface area contributed by atoms with Crippen LogP contribution in [0.4, 0.5) is 5.69 Å². The lowest BCUT2D eigenvalue weighted by atomic mass is 10.2. The molecule has 1 aliphatic rings. The van der Waals surface area contributed by atoms with Gasteiger partial charge in [0.15, 0.2) is 5.76 Å². The first-order chi connectivity index (χ1) is 11.5. The second-order valence-electron chi connectivity index (χ2n) is 5.39. The fraction of sp³-hybridized carbons (Fsp3) is 0.235. The van der Waals surface area contributed by atoms with E-state index in [1.165, 1.54) is 18.4 Å². The topological polar surface area (TPSA) is 94.8 Å². The second kappa shape index (κ2) is 6.57. The molecule has 2 heterocycles. The van der Waals surface area contributed by atoms with Crippen LogP contribution >= 0.6 is 0 Å². The summed E-state index contributed by atoms with van der Waals surface area (Å²) in [5.74, 6) is -1.35. The highest BCUT2D eigenvalue weighted by molar-refractivity contribution is 6.02. The third kappa shape index (κ3) is 3.45. The molecule has 0 aliphatic carbocycles. The maximum absolute atomic E-state index is 12.0. The van der Waals surface area contributed by atoms with Crippen LogP contribution in [0.5, 0.6) is 0 Å². The number of anilines is 1. The molecule has 24 heavy (non-hydrogen) atoms. The van der Waals surface area contributed by atoms with Gasteiger partial charge < -0.3 is 19.2 Å². The van der Waals surface area contributed by atoms with Gasteiger partial charge in [-0.2, -0.15) is 0 Å². The van der Waals surface area contributed by atoms with E-state index in [-0.39, 0.29) is 17.4 Å². The molecule has 0 saturated carbocycles. The van der Waals surface area contributed by atoms with Crippen LogP contribution in [0.3, 0.4) is 0 Å². The van der Waals surface area contributed by atoms with E-state index >= 15 is 0 Å². The summed E-state index contributed by atoms with van der Waals surface area (Å²) in [6, 6.07) is 9.29. The van der Waals surface area contributed by atoms with Gasteiger partial charge in [0.1, 0.15) is 6.10 Å². The summed E-state index contributed by atoms with van der Waals surface area (Å²) in [6.07, 6.45) is 0.630. The summed E-state index contributed by atoms with van der Waals surface area (Å²) in [7, 11) is 0. The van der Waals surface area contributed by atoms with E-state index in [1.807, 2.05) is 0 Å². The Morgan fingerprint density at radius 1 is 1.21 bits per heavy atom. The zero-order valence-electron chi connectivity index (χ0n) is 12.9. The van der Waals surface area contributed by atoms with Crippen LogP contribution in [0.15, 0.2) is 47.1 Å². The van der Waals surface area contributed by atoms with Crippen molar-refractivity contribution in [3.8, 4) is 0 Å². The van der Waals surface area contributed by atoms with Crippen molar-refractivity contribution in [2.45, 2.75) is 25.6 Å². The van der Waals surface area contributed by atoms with E-state index in [2.05, 4.69) is 5.32 Å². The maximum atomic E-state index is 12.0. The first-order valence-corrected chi connectivity index (χ1v) is 7.39. The molecule has 1 saturated heterocycles. The van der Waals surface area contributed by atoms with E-state index in [0.717, 1.165) is 0 Å². The molecule has 3 rings (SSSR count). The molecule has 0 spiro atoms. The van der Waals surface area contributed by atoms with Gasteiger partial charge in [0, 0.05) is 12.1 Å². The zero-order chi connectivity index (χ0) is 17.1. The molecule has 2 atom stereocenters. The minimum atomic E-state index is -0.870. The molecule has 124 valence electrons. The Labute approximate surface area is 137 Å². The first-order valence-electron chi connectivity index (χ1n) is 7.39. The van der Waals surface area contributed by atoms with Gasteiger partial charge in [-0.25, -0.2) is 9.59 Å². The van der Waals surface area contributed by atoms with Crippen LogP contribution in [-0.2, 0) is 14.3 Å². The highest BCUT2D eigenvalue weighted by Gasteiger charge is 2.35. The number of carbonyl (C=O) groups excluding carboxylic acids is 3. The van der Waals surface area contributed by atoms with Gasteiger partial charge in [-0.05, 0) is 43.3 Å². The number of ether oxygens (including phenoxy) is 2. The van der Waals surface area contributed by atoms with Crippen molar-refractivity contribution in [3.05, 3.63) is 54.0 Å². The van der Waals surface area contributed by atoms with E-state index in [4.69, 9.17) is 13.9 Å². The number of benzene rings is 1. The van der Waals surface area contributed by atoms with Gasteiger partial charge in [0.25, 0.3) is 5.91 Å². The third-order valence-corrected chi connectivity index (χ3v) is 3.50. The largest absolute Gasteiger partial charge is 0.460 e. The number of rotatable bonds is 4. The molecule has 1 N–H and O–H groups in total. The van der Waals surface area contributed by atoms with E-state index in [0.29, 0.717) is 12.1 Å². The lowest BCUT2D eigenvalue weighted by Gasteiger charge is -2.09. The van der Waals surface area contributed by atoms with E-state index in [9.17, 15) is 14.4 Å². The molecule has 1 amide bonds. The molecule has 1 aromatic carbocycles. The maximum Gasteiger partial charge on any atom is 0.347 e. The molecule has 1 fully saturated rings. The van der Waals surface area contributed by atoms with Crippen molar-refractivity contribution in [1.29, 1.82) is 0 Å². The molecular weight excluding hydrogens is 314 g/mol. The van der Waals surface area contributed by atoms with Crippen LogP contribution in [0, 0.1) is 0 Å². The Kier molecular flexibility index (Phi) is 4.33. The zero-order valence-corrected chi connectivity index (χ0v) is 12.9. The Bertz CT molecular complexity index is 750. The molecule has 1 aliphatic heterocycles. The van der Waals surface area contributed by atoms with Gasteiger partial charge in [0.05, 0.1) is 11.8 Å². The van der Waals surface area contributed by atoms with Gasteiger partial charge in [0.2, 0.25) is 6.10 Å². The lowest BCUT2D eigenvalue weighted by Crippen LogP contribution is -2.22. The monoisotopic (exact) mass is 329 g/mol. The summed E-state index contributed by atoms with van der Waals surface area (Å²) in [4.78, 5) is 35.4. The predicted molar refractivity (Wildman–Crippen MR) is 82.5 cm³/mol. The highest BCUT2D eigenvalue weighted by atomic mass is 16.6. The number of cyclic esters (lactones) is 1. The summed E-state index contributed by atoms with van der Waals surface area (Å²) in [5, 5.41) is 2.64. The minimum Gasteiger partial charge on any atom is -0.460 e. The molecule has 0 radical (unpaired) electrons. The number of carbonyl (C=O) groups is 3. The SMILES string of the molecule is C[C@@H]1C[C@H](OC(=O)c2ccc(NC(=O)c3ccco3)cc2)C(=O)O1. The van der Waals surface area contributed by atoms with Crippen molar-refractivity contribution in [3.63, 3.8) is 0 Å². The number of esters is 2. The Hall–Kier alpha value is -3.09. The normalized spacial score (nSPS) is 19.6. The third-order valence-electron chi connectivity index (χ3n) is 3.50. The molecule has 7 nitrogen and oxygen atoms in total. The number of hydrogen-bond donors (Lipinski definition) is 1. The number of nitrogens with one attached hydrogen (secondary N) is 1. The quantitative estimate of drug-likeness (QED) is 0.866. The van der Waals surface area contributed by atoms with Gasteiger partial charge >= 0.3 is 11.9 Å². The summed E-state index contributed by atoms with van der Waals surface area (Å²) < 4.78 is 15.1. The average molecular weight is 329 g/mol. The van der Waals surface area contributed by atoms with Crippen LogP contribution in [0.2, 0.25) is 0 Å². The standard InChI is InChI=1S/C17H15NO6/c1-10-9-14(17(21)23-10)24-16(20)11-4-6-12(7-5-11)18-15(19)13-3-2-8-22-13/h2-8,10,14H,9H2,1H3,(H,18,19)/t10-,14+/m1/s1. The highest BCUT2D eigenvalue weighted by Crippen LogP contribution is 2.19. The van der Waals surface area contributed by atoms with Crippen molar-refractivity contribution in [2.24, 2.45) is 0 Å². The molecule has 2 aromatic rings. The summed E-state index contributed by atoms with van der Waals surface area (Å²) >= 11 is 0. The lowest BCUT2D eigenvalue weighted by molar-refractivity contribution is -0.147. The molecule has 7 heteroatoms. The Morgan fingerprint density at radius 3 is 2.54 bits per heavy atom. The molecule has 0 unspecified atom stereocenters. The van der Waals surface area contributed by atoms with Gasteiger partial charge in [-0.1, -0.05) is 0 Å². The van der Waals surface area contributed by atoms with E-state index < -0.39 is 23.9 Å². The fourth-order valence-electron chi connectivity index (χ4n) is 2.30. The van der Waals surface area contributed by atoms with Crippen LogP contribution < -0.4 is 5.32 Å². The van der Waals surface area contributed by atoms with Crippen molar-refractivity contribution >= 4 is 23.5 Å². The predicted octanol–water partition coefficient (Wildman–Crippen LogP) is 2.39. The Morgan fingerprint density at radius 2 is 1.96 bits per heavy atom. The fourth-order valence-corrected chi connectivity index (χ4v) is 2.30. The van der Waals surface area contributed by atoms with E-state index in [1.54, 1.807) is 31.2 Å². The van der Waals surface area contributed by atoms with Crippen LogP contribution in [-0.4, -0.2) is 30.1 Å². The van der Waals surface area contributed by atoms with Crippen molar-refractivity contribution in [2.75, 3.05) is 5.32 Å².